The first-order valence-electron chi connectivity index (χ1n) is 7.76. The van der Waals surface area contributed by atoms with Gasteiger partial charge in [0.2, 0.25) is 0 Å². The van der Waals surface area contributed by atoms with Crippen molar-refractivity contribution in [1.29, 1.82) is 0 Å². The zero-order valence-electron chi connectivity index (χ0n) is 12.8. The summed E-state index contributed by atoms with van der Waals surface area (Å²) in [5.74, 6) is 0.589. The lowest BCUT2D eigenvalue weighted by Gasteiger charge is -2.34. The number of rotatable bonds is 5. The lowest BCUT2D eigenvalue weighted by Crippen LogP contribution is -2.47. The minimum absolute atomic E-state index is 0.0664. The maximum atomic E-state index is 12.5. The highest BCUT2D eigenvalue weighted by Crippen LogP contribution is 2.28. The van der Waals surface area contributed by atoms with Crippen LogP contribution in [0.5, 0.6) is 0 Å². The Hall–Kier alpha value is -1.29. The minimum atomic E-state index is -0.0951. The van der Waals surface area contributed by atoms with Crippen LogP contribution in [-0.2, 0) is 0 Å². The lowest BCUT2D eigenvalue weighted by molar-refractivity contribution is 0.0882. The van der Waals surface area contributed by atoms with E-state index >= 15 is 0 Å². The molecule has 0 radical (unpaired) electrons. The molecule has 1 aliphatic rings. The molecule has 1 saturated carbocycles. The van der Waals surface area contributed by atoms with Gasteiger partial charge >= 0.3 is 0 Å². The number of nitrogens with one attached hydrogen (secondary N) is 2. The van der Waals surface area contributed by atoms with E-state index in [1.807, 2.05) is 0 Å². The highest BCUT2D eigenvalue weighted by molar-refractivity contribution is 6.29. The van der Waals surface area contributed by atoms with E-state index in [0.717, 1.165) is 25.8 Å². The fraction of sp³-hybridized carbons (Fsp3) is 0.625. The number of amides is 1. The number of carbonyl (C=O) groups is 1. The molecule has 1 aromatic rings. The topological polar surface area (TPSA) is 54.0 Å². The second kappa shape index (κ2) is 7.12. The fourth-order valence-corrected chi connectivity index (χ4v) is 2.98. The van der Waals surface area contributed by atoms with E-state index in [9.17, 15) is 4.79 Å². The molecule has 0 aliphatic heterocycles. The smallest absolute Gasteiger partial charge is 0.251 e. The van der Waals surface area contributed by atoms with Crippen LogP contribution in [0, 0.1) is 0 Å². The zero-order valence-corrected chi connectivity index (χ0v) is 13.6. The number of pyridine rings is 1. The van der Waals surface area contributed by atoms with Crippen LogP contribution in [0.15, 0.2) is 12.1 Å². The van der Waals surface area contributed by atoms with Crippen LogP contribution in [0.25, 0.3) is 0 Å². The van der Waals surface area contributed by atoms with Gasteiger partial charge in [0.25, 0.3) is 5.91 Å². The summed E-state index contributed by atoms with van der Waals surface area (Å²) < 4.78 is 0. The molecule has 0 saturated heterocycles. The van der Waals surface area contributed by atoms with E-state index in [-0.39, 0.29) is 11.4 Å². The van der Waals surface area contributed by atoms with Crippen molar-refractivity contribution in [2.45, 2.75) is 57.9 Å². The summed E-state index contributed by atoms with van der Waals surface area (Å²) in [6, 6.07) is 3.39. The Balaban J connectivity index is 2.09. The van der Waals surface area contributed by atoms with E-state index in [1.54, 1.807) is 12.1 Å². The number of nitrogens with zero attached hydrogens (tertiary/aromatic N) is 1. The van der Waals surface area contributed by atoms with Crippen LogP contribution in [0.1, 0.15) is 62.7 Å². The molecule has 0 unspecified atom stereocenters. The maximum Gasteiger partial charge on any atom is 0.251 e. The van der Waals surface area contributed by atoms with Gasteiger partial charge in [-0.25, -0.2) is 4.98 Å². The largest absolute Gasteiger partial charge is 0.370 e. The van der Waals surface area contributed by atoms with E-state index in [2.05, 4.69) is 29.5 Å². The molecule has 1 heterocycles. The first-order valence-corrected chi connectivity index (χ1v) is 8.14. The molecular formula is C16H24ClN3O. The molecule has 2 rings (SSSR count). The number of carbonyl (C=O) groups excluding carboxylic acids is 1. The molecule has 1 aromatic heterocycles. The van der Waals surface area contributed by atoms with Crippen LogP contribution in [-0.4, -0.2) is 23.0 Å². The van der Waals surface area contributed by atoms with E-state index in [0.29, 0.717) is 16.5 Å². The molecule has 1 aliphatic carbocycles. The predicted molar refractivity (Wildman–Crippen MR) is 87.0 cm³/mol. The summed E-state index contributed by atoms with van der Waals surface area (Å²) in [6.45, 7) is 5.02. The molecular weight excluding hydrogens is 286 g/mol. The van der Waals surface area contributed by atoms with Crippen molar-refractivity contribution >= 4 is 23.3 Å². The summed E-state index contributed by atoms with van der Waals surface area (Å²) in [6.07, 6.45) is 6.69. The van der Waals surface area contributed by atoms with Gasteiger partial charge in [0, 0.05) is 17.6 Å². The Morgan fingerprint density at radius 1 is 1.33 bits per heavy atom. The molecule has 5 heteroatoms. The van der Waals surface area contributed by atoms with Gasteiger partial charge in [0.1, 0.15) is 11.0 Å². The van der Waals surface area contributed by atoms with Gasteiger partial charge in [-0.2, -0.15) is 0 Å². The standard InChI is InChI=1S/C16H24ClN3O/c1-3-9-18-14-11-12(10-13(17)19-14)15(21)20-16(2)7-5-4-6-8-16/h10-11H,3-9H2,1-2H3,(H,18,19)(H,20,21). The van der Waals surface area contributed by atoms with Crippen molar-refractivity contribution < 1.29 is 4.79 Å². The Morgan fingerprint density at radius 3 is 2.71 bits per heavy atom. The number of hydrogen-bond acceptors (Lipinski definition) is 3. The molecule has 116 valence electrons. The SMILES string of the molecule is CCCNc1cc(C(=O)NC2(C)CCCCC2)cc(Cl)n1. The second-order valence-corrected chi connectivity index (χ2v) is 6.45. The first-order chi connectivity index (χ1) is 10.0. The van der Waals surface area contributed by atoms with Crippen LogP contribution < -0.4 is 10.6 Å². The quantitative estimate of drug-likeness (QED) is 0.808. The summed E-state index contributed by atoms with van der Waals surface area (Å²) >= 11 is 6.02. The van der Waals surface area contributed by atoms with Crippen LogP contribution >= 0.6 is 11.6 Å². The fourth-order valence-electron chi connectivity index (χ4n) is 2.77. The van der Waals surface area contributed by atoms with E-state index in [1.165, 1.54) is 19.3 Å². The molecule has 2 N–H and O–H groups in total. The van der Waals surface area contributed by atoms with Gasteiger partial charge in [-0.15, -0.1) is 0 Å². The number of aromatic nitrogens is 1. The van der Waals surface area contributed by atoms with Crippen molar-refractivity contribution in [3.05, 3.63) is 22.8 Å². The molecule has 1 amide bonds. The highest BCUT2D eigenvalue weighted by Gasteiger charge is 2.28. The van der Waals surface area contributed by atoms with Gasteiger partial charge in [0.05, 0.1) is 0 Å². The molecule has 0 spiro atoms. The van der Waals surface area contributed by atoms with Crippen LogP contribution in [0.4, 0.5) is 5.82 Å². The summed E-state index contributed by atoms with van der Waals surface area (Å²) in [4.78, 5) is 16.7. The van der Waals surface area contributed by atoms with Crippen molar-refractivity contribution in [2.75, 3.05) is 11.9 Å². The molecule has 0 bridgehead atoms. The Morgan fingerprint density at radius 2 is 2.05 bits per heavy atom. The van der Waals surface area contributed by atoms with Crippen molar-refractivity contribution in [3.63, 3.8) is 0 Å². The highest BCUT2D eigenvalue weighted by atomic mass is 35.5. The van der Waals surface area contributed by atoms with Crippen molar-refractivity contribution in [1.82, 2.24) is 10.3 Å². The number of anilines is 1. The zero-order chi connectivity index (χ0) is 15.3. The van der Waals surface area contributed by atoms with Gasteiger partial charge in [-0.1, -0.05) is 37.8 Å². The van der Waals surface area contributed by atoms with Gasteiger partial charge in [0.15, 0.2) is 0 Å². The second-order valence-electron chi connectivity index (χ2n) is 6.07. The third-order valence-corrected chi connectivity index (χ3v) is 4.18. The normalized spacial score (nSPS) is 17.3. The molecule has 4 nitrogen and oxygen atoms in total. The monoisotopic (exact) mass is 309 g/mol. The number of halogens is 1. The van der Waals surface area contributed by atoms with E-state index < -0.39 is 0 Å². The Kier molecular flexibility index (Phi) is 5.45. The molecule has 1 fully saturated rings. The third-order valence-electron chi connectivity index (χ3n) is 3.98. The van der Waals surface area contributed by atoms with Gasteiger partial charge in [-0.05, 0) is 38.3 Å². The predicted octanol–water partition coefficient (Wildman–Crippen LogP) is 4.01. The van der Waals surface area contributed by atoms with Crippen molar-refractivity contribution in [3.8, 4) is 0 Å². The first kappa shape index (κ1) is 16.1. The molecule has 0 atom stereocenters. The Labute approximate surface area is 131 Å². The summed E-state index contributed by atoms with van der Waals surface area (Å²) in [5, 5.41) is 6.68. The average Bonchev–Trinajstić information content (AvgIpc) is 2.45. The average molecular weight is 310 g/mol. The summed E-state index contributed by atoms with van der Waals surface area (Å²) in [7, 11) is 0. The third kappa shape index (κ3) is 4.60. The van der Waals surface area contributed by atoms with E-state index in [4.69, 9.17) is 11.6 Å². The Bertz CT molecular complexity index is 498. The number of hydrogen-bond donors (Lipinski definition) is 2. The maximum absolute atomic E-state index is 12.5. The minimum Gasteiger partial charge on any atom is -0.370 e. The molecule has 21 heavy (non-hydrogen) atoms. The summed E-state index contributed by atoms with van der Waals surface area (Å²) in [5.41, 5.74) is 0.475. The van der Waals surface area contributed by atoms with Crippen molar-refractivity contribution in [2.24, 2.45) is 0 Å². The van der Waals surface area contributed by atoms with Crippen LogP contribution in [0.3, 0.4) is 0 Å². The van der Waals surface area contributed by atoms with Gasteiger partial charge < -0.3 is 10.6 Å². The lowest BCUT2D eigenvalue weighted by atomic mass is 9.83. The molecule has 0 aromatic carbocycles. The van der Waals surface area contributed by atoms with Crippen LogP contribution in [0.2, 0.25) is 5.15 Å². The van der Waals surface area contributed by atoms with Gasteiger partial charge in [-0.3, -0.25) is 4.79 Å².